The van der Waals surface area contributed by atoms with E-state index >= 15 is 0 Å². The van der Waals surface area contributed by atoms with Crippen LogP contribution in [-0.4, -0.2) is 49.5 Å². The van der Waals surface area contributed by atoms with Crippen molar-refractivity contribution in [2.24, 2.45) is 5.73 Å². The van der Waals surface area contributed by atoms with Crippen LogP contribution in [0.5, 0.6) is 0 Å². The van der Waals surface area contributed by atoms with E-state index in [-0.39, 0.29) is 19.4 Å². The van der Waals surface area contributed by atoms with Crippen molar-refractivity contribution >= 4 is 21.1 Å². The molecule has 11 heteroatoms. The van der Waals surface area contributed by atoms with E-state index in [0.717, 1.165) is 0 Å². The highest BCUT2D eigenvalue weighted by Gasteiger charge is 2.28. The van der Waals surface area contributed by atoms with Crippen LogP contribution in [0.3, 0.4) is 0 Å². The van der Waals surface area contributed by atoms with Crippen LogP contribution in [0.1, 0.15) is 12.8 Å². The Kier molecular flexibility index (Phi) is 6.50. The highest BCUT2D eigenvalue weighted by molar-refractivity contribution is 7.52. The van der Waals surface area contributed by atoms with Gasteiger partial charge < -0.3 is 30.2 Å². The molecule has 0 unspecified atom stereocenters. The molecular formula is C6H16N2O7P2. The first-order valence-corrected chi connectivity index (χ1v) is 8.21. The van der Waals surface area contributed by atoms with Crippen molar-refractivity contribution in [3.63, 3.8) is 0 Å². The number of carbonyl (C=O) groups excluding carboxylic acids is 1. The van der Waals surface area contributed by atoms with Gasteiger partial charge in [-0.15, -0.1) is 0 Å². The fourth-order valence-corrected chi connectivity index (χ4v) is 2.62. The second-order valence-electron chi connectivity index (χ2n) is 3.44. The number of carbonyl (C=O) groups is 1. The van der Waals surface area contributed by atoms with E-state index in [4.69, 9.17) is 25.3 Å². The summed E-state index contributed by atoms with van der Waals surface area (Å²) >= 11 is 0. The summed E-state index contributed by atoms with van der Waals surface area (Å²) in [4.78, 5) is 46.7. The van der Waals surface area contributed by atoms with Crippen LogP contribution < -0.4 is 5.73 Å². The van der Waals surface area contributed by atoms with Crippen molar-refractivity contribution in [1.29, 1.82) is 0 Å². The van der Waals surface area contributed by atoms with Crippen LogP contribution in [0.25, 0.3) is 0 Å². The highest BCUT2D eigenvalue weighted by Crippen LogP contribution is 2.41. The predicted octanol–water partition coefficient (Wildman–Crippen LogP) is -1.18. The van der Waals surface area contributed by atoms with Gasteiger partial charge in [-0.3, -0.25) is 13.9 Å². The molecule has 0 spiro atoms. The Balaban J connectivity index is 4.67. The molecule has 0 saturated heterocycles. The molecule has 0 aromatic carbocycles. The van der Waals surface area contributed by atoms with Gasteiger partial charge in [0.15, 0.2) is 0 Å². The molecule has 0 aromatic rings. The third-order valence-corrected chi connectivity index (χ3v) is 3.08. The van der Waals surface area contributed by atoms with Gasteiger partial charge in [-0.25, -0.2) is 0 Å². The molecule has 0 fully saturated rings. The molecular weight excluding hydrogens is 274 g/mol. The molecule has 0 saturated carbocycles. The van der Waals surface area contributed by atoms with Crippen LogP contribution in [0, 0.1) is 0 Å². The molecule has 0 aromatic heterocycles. The Morgan fingerprint density at radius 2 is 1.47 bits per heavy atom. The number of hydrogen-bond acceptors (Lipinski definition) is 4. The van der Waals surface area contributed by atoms with Gasteiger partial charge in [0.25, 0.3) is 0 Å². The largest absolute Gasteiger partial charge is 0.344 e. The van der Waals surface area contributed by atoms with E-state index in [1.165, 1.54) is 0 Å². The summed E-state index contributed by atoms with van der Waals surface area (Å²) in [5.74, 6) is -0.748. The van der Waals surface area contributed by atoms with Gasteiger partial charge in [0.05, 0.1) is 0 Å². The standard InChI is InChI=1S/C6H16N2O7P2/c7-3-1-2-6(9)8(4-16(10,11)12)5-17(13,14)15/h1-5,7H2,(H2,10,11,12)(H2,13,14,15). The minimum absolute atomic E-state index is 0.115. The van der Waals surface area contributed by atoms with Crippen molar-refractivity contribution in [1.82, 2.24) is 4.90 Å². The van der Waals surface area contributed by atoms with Crippen LogP contribution in [0.15, 0.2) is 0 Å². The molecule has 0 heterocycles. The molecule has 0 aliphatic carbocycles. The molecule has 0 aliphatic rings. The lowest BCUT2D eigenvalue weighted by molar-refractivity contribution is -0.130. The van der Waals surface area contributed by atoms with Crippen molar-refractivity contribution in [3.05, 3.63) is 0 Å². The zero-order valence-electron chi connectivity index (χ0n) is 8.97. The van der Waals surface area contributed by atoms with E-state index in [1.807, 2.05) is 0 Å². The average molecular weight is 290 g/mol. The van der Waals surface area contributed by atoms with Crippen molar-refractivity contribution in [3.8, 4) is 0 Å². The SMILES string of the molecule is NCCCC(=O)N(CP(=O)(O)O)CP(=O)(O)O. The molecule has 0 radical (unpaired) electrons. The maximum atomic E-state index is 11.4. The Bertz CT molecular complexity index is 324. The Morgan fingerprint density at radius 3 is 1.76 bits per heavy atom. The fraction of sp³-hybridized carbons (Fsp3) is 0.833. The van der Waals surface area contributed by atoms with E-state index in [1.54, 1.807) is 0 Å². The monoisotopic (exact) mass is 290 g/mol. The van der Waals surface area contributed by atoms with E-state index < -0.39 is 33.7 Å². The summed E-state index contributed by atoms with van der Waals surface area (Å²) in [5.41, 5.74) is 5.15. The molecule has 0 rings (SSSR count). The summed E-state index contributed by atoms with van der Waals surface area (Å²) in [7, 11) is -9.13. The second-order valence-corrected chi connectivity index (χ2v) is 6.66. The maximum Gasteiger partial charge on any atom is 0.344 e. The average Bonchev–Trinajstić information content (AvgIpc) is 2.08. The molecule has 1 amide bonds. The van der Waals surface area contributed by atoms with Crippen LogP contribution in [0.2, 0.25) is 0 Å². The lowest BCUT2D eigenvalue weighted by atomic mass is 10.3. The first-order valence-electron chi connectivity index (χ1n) is 4.62. The smallest absolute Gasteiger partial charge is 0.330 e. The molecule has 0 atom stereocenters. The van der Waals surface area contributed by atoms with Crippen molar-refractivity contribution < 1.29 is 33.5 Å². The quantitative estimate of drug-likeness (QED) is 0.366. The van der Waals surface area contributed by atoms with Crippen LogP contribution in [0.4, 0.5) is 0 Å². The zero-order valence-corrected chi connectivity index (χ0v) is 10.8. The number of nitrogens with two attached hydrogens (primary N) is 1. The van der Waals surface area contributed by atoms with Crippen molar-refractivity contribution in [2.75, 3.05) is 19.1 Å². The zero-order chi connectivity index (χ0) is 13.7. The third kappa shape index (κ3) is 9.43. The van der Waals surface area contributed by atoms with Gasteiger partial charge >= 0.3 is 15.2 Å². The summed E-state index contributed by atoms with van der Waals surface area (Å²) in [6.07, 6.45) is -1.86. The summed E-state index contributed by atoms with van der Waals surface area (Å²) < 4.78 is 21.5. The van der Waals surface area contributed by atoms with Gasteiger partial charge in [-0.2, -0.15) is 0 Å². The summed E-state index contributed by atoms with van der Waals surface area (Å²) in [6.45, 7) is 0.200. The Hall–Kier alpha value is -0.270. The van der Waals surface area contributed by atoms with Crippen LogP contribution >= 0.6 is 15.2 Å². The minimum atomic E-state index is -4.56. The highest BCUT2D eigenvalue weighted by atomic mass is 31.2. The molecule has 0 aliphatic heterocycles. The van der Waals surface area contributed by atoms with Gasteiger partial charge in [0, 0.05) is 6.42 Å². The van der Waals surface area contributed by atoms with Gasteiger partial charge in [-0.1, -0.05) is 0 Å². The molecule has 9 nitrogen and oxygen atoms in total. The Morgan fingerprint density at radius 1 is 1.06 bits per heavy atom. The van der Waals surface area contributed by atoms with Gasteiger partial charge in [0.2, 0.25) is 5.91 Å². The third-order valence-electron chi connectivity index (χ3n) is 1.66. The topological polar surface area (TPSA) is 161 Å². The fourth-order valence-electron chi connectivity index (χ4n) is 1.06. The minimum Gasteiger partial charge on any atom is -0.330 e. The first kappa shape index (κ1) is 16.7. The van der Waals surface area contributed by atoms with E-state index in [0.29, 0.717) is 4.90 Å². The lowest BCUT2D eigenvalue weighted by Crippen LogP contribution is -2.33. The number of hydrogen-bond donors (Lipinski definition) is 5. The molecule has 17 heavy (non-hydrogen) atoms. The van der Waals surface area contributed by atoms with Gasteiger partial charge in [-0.05, 0) is 13.0 Å². The van der Waals surface area contributed by atoms with E-state index in [2.05, 4.69) is 0 Å². The maximum absolute atomic E-state index is 11.4. The summed E-state index contributed by atoms with van der Waals surface area (Å²) in [5, 5.41) is 0. The summed E-state index contributed by atoms with van der Waals surface area (Å²) in [6, 6.07) is 0. The molecule has 0 bridgehead atoms. The van der Waals surface area contributed by atoms with Gasteiger partial charge in [0.1, 0.15) is 12.6 Å². The molecule has 102 valence electrons. The second kappa shape index (κ2) is 6.61. The van der Waals surface area contributed by atoms with Crippen LogP contribution in [-0.2, 0) is 13.9 Å². The van der Waals surface area contributed by atoms with Crippen molar-refractivity contribution in [2.45, 2.75) is 12.8 Å². The lowest BCUT2D eigenvalue weighted by Gasteiger charge is -2.23. The Labute approximate surface area is 97.9 Å². The number of nitrogens with zero attached hydrogens (tertiary/aromatic N) is 1. The van der Waals surface area contributed by atoms with E-state index in [9.17, 15) is 13.9 Å². The molecule has 6 N–H and O–H groups in total. The number of amides is 1. The number of rotatable bonds is 7. The predicted molar refractivity (Wildman–Crippen MR) is 59.0 cm³/mol. The normalized spacial score (nSPS) is 12.5. The first-order chi connectivity index (χ1) is 7.55.